The van der Waals surface area contributed by atoms with E-state index in [-0.39, 0.29) is 4.44 Å². The zero-order chi connectivity index (χ0) is 8.58. The zero-order valence-electron chi connectivity index (χ0n) is 4.67. The highest BCUT2D eigenvalue weighted by Crippen LogP contribution is 2.72. The SMILES string of the molecule is CN(P(=O)(Cl)Cl)P(F)(F)=S. The van der Waals surface area contributed by atoms with Crippen LogP contribution in [-0.4, -0.2) is 11.5 Å². The second kappa shape index (κ2) is 3.34. The van der Waals surface area contributed by atoms with E-state index in [0.717, 1.165) is 7.05 Å². The van der Waals surface area contributed by atoms with Gasteiger partial charge >= 0.3 is 12.8 Å². The predicted molar refractivity (Wildman–Crippen MR) is 43.6 cm³/mol. The molecule has 0 saturated carbocycles. The van der Waals surface area contributed by atoms with Gasteiger partial charge in [0.1, 0.15) is 0 Å². The molecular formula is CH3Cl2F2NOP2S. The molecule has 9 heteroatoms. The molecule has 0 aliphatic carbocycles. The van der Waals surface area contributed by atoms with Crippen LogP contribution in [0.3, 0.4) is 0 Å². The van der Waals surface area contributed by atoms with Gasteiger partial charge in [0, 0.05) is 7.05 Å². The number of halogens is 4. The van der Waals surface area contributed by atoms with Crippen LogP contribution in [0.15, 0.2) is 0 Å². The molecule has 0 aliphatic rings. The van der Waals surface area contributed by atoms with Gasteiger partial charge in [0.2, 0.25) is 0 Å². The van der Waals surface area contributed by atoms with Gasteiger partial charge in [0.25, 0.3) is 0 Å². The van der Waals surface area contributed by atoms with Crippen molar-refractivity contribution in [3.05, 3.63) is 0 Å². The minimum atomic E-state index is -4.74. The molecule has 0 bridgehead atoms. The fourth-order valence-corrected chi connectivity index (χ4v) is 4.27. The summed E-state index contributed by atoms with van der Waals surface area (Å²) in [6.07, 6.45) is 0. The van der Waals surface area contributed by atoms with Crippen LogP contribution in [0.25, 0.3) is 0 Å². The lowest BCUT2D eigenvalue weighted by Gasteiger charge is -2.16. The summed E-state index contributed by atoms with van der Waals surface area (Å²) in [5, 5.41) is 0. The summed E-state index contributed by atoms with van der Waals surface area (Å²) >= 11 is 13.5. The van der Waals surface area contributed by atoms with E-state index in [1.165, 1.54) is 0 Å². The molecule has 0 heterocycles. The third-order valence-electron chi connectivity index (χ3n) is 0.674. The molecule has 0 saturated heterocycles. The summed E-state index contributed by atoms with van der Waals surface area (Å²) in [5.74, 6) is -3.91. The van der Waals surface area contributed by atoms with E-state index in [1.54, 1.807) is 0 Å². The van der Waals surface area contributed by atoms with Crippen molar-refractivity contribution in [2.24, 2.45) is 0 Å². The first-order valence-corrected chi connectivity index (χ1v) is 7.89. The first-order chi connectivity index (χ1) is 4.15. The molecule has 0 aromatic heterocycles. The lowest BCUT2D eigenvalue weighted by molar-refractivity contribution is 0.556. The third-order valence-corrected chi connectivity index (χ3v) is 6.54. The Morgan fingerprint density at radius 1 is 1.50 bits per heavy atom. The minimum Gasteiger partial charge on any atom is -0.270 e. The molecule has 0 unspecified atom stereocenters. The van der Waals surface area contributed by atoms with Crippen LogP contribution in [0.4, 0.5) is 8.39 Å². The van der Waals surface area contributed by atoms with E-state index in [9.17, 15) is 13.0 Å². The molecule has 0 aromatic rings. The van der Waals surface area contributed by atoms with E-state index in [2.05, 4.69) is 11.8 Å². The fourth-order valence-electron chi connectivity index (χ4n) is 0.121. The average molecular weight is 248 g/mol. The van der Waals surface area contributed by atoms with Crippen molar-refractivity contribution in [2.45, 2.75) is 0 Å². The largest absolute Gasteiger partial charge is 0.349 e. The molecule has 0 aromatic carbocycles. The third kappa shape index (κ3) is 3.61. The van der Waals surface area contributed by atoms with Gasteiger partial charge in [-0.05, 0) is 34.3 Å². The van der Waals surface area contributed by atoms with Gasteiger partial charge in [0.15, 0.2) is 0 Å². The maximum absolute atomic E-state index is 12.1. The van der Waals surface area contributed by atoms with Crippen LogP contribution < -0.4 is 0 Å². The zero-order valence-corrected chi connectivity index (χ0v) is 8.79. The molecule has 0 N–H and O–H groups in total. The van der Waals surface area contributed by atoms with Crippen molar-refractivity contribution < 1.29 is 13.0 Å². The molecule has 0 radical (unpaired) electrons. The van der Waals surface area contributed by atoms with Gasteiger partial charge in [-0.2, -0.15) is 12.8 Å². The Bertz CT molecular complexity index is 189. The molecule has 0 aliphatic heterocycles. The maximum atomic E-state index is 12.1. The number of nitrogens with zero attached hydrogens (tertiary/aromatic N) is 1. The highest BCUT2D eigenvalue weighted by atomic mass is 35.9. The van der Waals surface area contributed by atoms with Gasteiger partial charge in [0.05, 0.1) is 0 Å². The quantitative estimate of drug-likeness (QED) is 0.695. The highest BCUT2D eigenvalue weighted by molar-refractivity contribution is 8.17. The highest BCUT2D eigenvalue weighted by Gasteiger charge is 2.34. The Balaban J connectivity index is 4.56. The van der Waals surface area contributed by atoms with E-state index >= 15 is 0 Å². The van der Waals surface area contributed by atoms with Crippen molar-refractivity contribution in [1.29, 1.82) is 0 Å². The standard InChI is InChI=1S/CH3Cl2F2NOP2S/c1-6(8(2,3)7)9(4,5)10/h1H3. The van der Waals surface area contributed by atoms with Crippen LogP contribution in [0.2, 0.25) is 0 Å². The van der Waals surface area contributed by atoms with Crippen molar-refractivity contribution in [2.75, 3.05) is 7.05 Å². The Morgan fingerprint density at radius 2 is 1.80 bits per heavy atom. The fraction of sp³-hybridized carbons (Fsp3) is 1.00. The number of hydrogen-bond donors (Lipinski definition) is 0. The molecular weight excluding hydrogens is 245 g/mol. The van der Waals surface area contributed by atoms with Crippen molar-refractivity contribution in [1.82, 2.24) is 4.44 Å². The molecule has 0 rings (SSSR count). The van der Waals surface area contributed by atoms with Crippen molar-refractivity contribution in [3.63, 3.8) is 0 Å². The molecule has 62 valence electrons. The second-order valence-electron chi connectivity index (χ2n) is 1.36. The second-order valence-corrected chi connectivity index (χ2v) is 9.20. The normalized spacial score (nSPS) is 14.2. The minimum absolute atomic E-state index is 0.0540. The summed E-state index contributed by atoms with van der Waals surface area (Å²) in [6, 6.07) is 0. The van der Waals surface area contributed by atoms with Gasteiger partial charge in [-0.3, -0.25) is 4.57 Å². The number of hydrogen-bond acceptors (Lipinski definition) is 2. The Labute approximate surface area is 71.8 Å². The van der Waals surface area contributed by atoms with Gasteiger partial charge in [-0.1, -0.05) is 0 Å². The maximum Gasteiger partial charge on any atom is 0.349 e. The van der Waals surface area contributed by atoms with E-state index in [0.29, 0.717) is 0 Å². The Morgan fingerprint density at radius 3 is 1.80 bits per heavy atom. The van der Waals surface area contributed by atoms with E-state index in [1.807, 2.05) is 0 Å². The molecule has 10 heavy (non-hydrogen) atoms. The van der Waals surface area contributed by atoms with Crippen LogP contribution in [0, 0.1) is 0 Å². The van der Waals surface area contributed by atoms with Crippen molar-refractivity contribution in [3.8, 4) is 0 Å². The lowest BCUT2D eigenvalue weighted by atomic mass is 11.6. The van der Waals surface area contributed by atoms with Gasteiger partial charge < -0.3 is 0 Å². The monoisotopic (exact) mass is 247 g/mol. The first kappa shape index (κ1) is 11.3. The van der Waals surface area contributed by atoms with Crippen LogP contribution in [0.5, 0.6) is 0 Å². The topological polar surface area (TPSA) is 20.3 Å². The van der Waals surface area contributed by atoms with E-state index in [4.69, 9.17) is 22.5 Å². The summed E-state index contributed by atoms with van der Waals surface area (Å²) in [6.45, 7) is -4.74. The number of rotatable bonds is 2. The molecule has 2 nitrogen and oxygen atoms in total. The predicted octanol–water partition coefficient (Wildman–Crippen LogP) is 3.67. The Hall–Kier alpha value is 1.28. The van der Waals surface area contributed by atoms with E-state index < -0.39 is 12.8 Å². The first-order valence-electron chi connectivity index (χ1n) is 1.89. The van der Waals surface area contributed by atoms with Crippen LogP contribution in [0.1, 0.15) is 0 Å². The average Bonchev–Trinajstić information content (AvgIpc) is 1.59. The summed E-state index contributed by atoms with van der Waals surface area (Å²) in [7, 11) is 0.835. The van der Waals surface area contributed by atoms with Gasteiger partial charge in [-0.15, -0.1) is 0 Å². The molecule has 0 spiro atoms. The molecule has 0 amide bonds. The molecule has 0 fully saturated rings. The van der Waals surface area contributed by atoms with Crippen molar-refractivity contribution >= 4 is 47.1 Å². The van der Waals surface area contributed by atoms with Gasteiger partial charge in [-0.25, -0.2) is 0 Å². The molecule has 0 atom stereocenters. The summed E-state index contributed by atoms with van der Waals surface area (Å²) in [5.41, 5.74) is 0. The Kier molecular flexibility index (Phi) is 3.77. The van der Waals surface area contributed by atoms with Crippen LogP contribution >= 0.6 is 35.3 Å². The summed E-state index contributed by atoms with van der Waals surface area (Å²) in [4.78, 5) is 0. The van der Waals surface area contributed by atoms with Crippen LogP contribution in [-0.2, 0) is 16.4 Å². The summed E-state index contributed by atoms with van der Waals surface area (Å²) < 4.78 is 34.8. The smallest absolute Gasteiger partial charge is 0.270 e. The lowest BCUT2D eigenvalue weighted by Crippen LogP contribution is -1.99.